The molecule has 1 N–H and O–H groups in total. The number of nitrogens with one attached hydrogen (secondary N) is 1. The summed E-state index contributed by atoms with van der Waals surface area (Å²) in [5.74, 6) is 0.687. The van der Waals surface area contributed by atoms with Gasteiger partial charge in [0.25, 0.3) is 5.56 Å². The Morgan fingerprint density at radius 2 is 1.77 bits per heavy atom. The first-order valence-corrected chi connectivity index (χ1v) is 10.2. The number of aromatic amines is 1. The molecule has 0 bridgehead atoms. The van der Waals surface area contributed by atoms with Gasteiger partial charge in [0, 0.05) is 23.0 Å². The van der Waals surface area contributed by atoms with E-state index in [9.17, 15) is 4.79 Å². The van der Waals surface area contributed by atoms with E-state index in [1.54, 1.807) is 12.3 Å². The van der Waals surface area contributed by atoms with E-state index in [1.807, 2.05) is 12.1 Å². The number of benzene rings is 1. The van der Waals surface area contributed by atoms with Gasteiger partial charge in [-0.25, -0.2) is 0 Å². The van der Waals surface area contributed by atoms with Gasteiger partial charge in [0.15, 0.2) is 0 Å². The van der Waals surface area contributed by atoms with E-state index in [1.165, 1.54) is 38.8 Å². The predicted octanol–water partition coefficient (Wildman–Crippen LogP) is 4.99. The molecule has 2 aromatic rings. The van der Waals surface area contributed by atoms with E-state index in [-0.39, 0.29) is 11.7 Å². The summed E-state index contributed by atoms with van der Waals surface area (Å²) in [7, 11) is 0. The Labute approximate surface area is 160 Å². The number of halogens is 1. The van der Waals surface area contributed by atoms with Crippen LogP contribution in [0.15, 0.2) is 29.2 Å². The highest BCUT2D eigenvalue weighted by atomic mass is 35.5. The van der Waals surface area contributed by atoms with E-state index in [2.05, 4.69) is 23.7 Å². The van der Waals surface area contributed by atoms with E-state index in [0.29, 0.717) is 22.2 Å². The summed E-state index contributed by atoms with van der Waals surface area (Å²) in [6.07, 6.45) is 8.71. The smallest absolute Gasteiger partial charge is 0.255 e. The number of hydrogen-bond donors (Lipinski definition) is 1. The molecule has 0 amide bonds. The molecular formula is C21H29ClN2O2. The van der Waals surface area contributed by atoms with Crippen LogP contribution in [0.4, 0.5) is 0 Å². The summed E-state index contributed by atoms with van der Waals surface area (Å²) in [6.45, 7) is 6.89. The SMILES string of the molecule is CCCN(CCC)[C@H]1CC[C@@H](Oc2ccc3c(=O)[nH]ccc3c2Cl)CC1. The topological polar surface area (TPSA) is 45.3 Å². The Kier molecular flexibility index (Phi) is 6.60. The Morgan fingerprint density at radius 3 is 2.42 bits per heavy atom. The van der Waals surface area contributed by atoms with Crippen molar-refractivity contribution in [2.75, 3.05) is 13.1 Å². The van der Waals surface area contributed by atoms with Crippen LogP contribution < -0.4 is 10.3 Å². The molecule has 0 atom stereocenters. The lowest BCUT2D eigenvalue weighted by Gasteiger charge is -2.37. The largest absolute Gasteiger partial charge is 0.489 e. The molecule has 1 saturated carbocycles. The highest BCUT2D eigenvalue weighted by Crippen LogP contribution is 2.34. The lowest BCUT2D eigenvalue weighted by Crippen LogP contribution is -2.41. The minimum Gasteiger partial charge on any atom is -0.489 e. The first-order valence-electron chi connectivity index (χ1n) is 9.84. The molecule has 5 heteroatoms. The molecule has 0 radical (unpaired) electrons. The van der Waals surface area contributed by atoms with Crippen LogP contribution in [0.25, 0.3) is 10.8 Å². The maximum atomic E-state index is 11.9. The second kappa shape index (κ2) is 8.92. The van der Waals surface area contributed by atoms with Gasteiger partial charge >= 0.3 is 0 Å². The molecule has 1 aliphatic rings. The van der Waals surface area contributed by atoms with Gasteiger partial charge in [-0.1, -0.05) is 25.4 Å². The van der Waals surface area contributed by atoms with Crippen molar-refractivity contribution >= 4 is 22.4 Å². The minimum atomic E-state index is -0.122. The van der Waals surface area contributed by atoms with Crippen molar-refractivity contribution in [3.05, 3.63) is 39.8 Å². The minimum absolute atomic E-state index is 0.122. The lowest BCUT2D eigenvalue weighted by molar-refractivity contribution is 0.0878. The van der Waals surface area contributed by atoms with Crippen molar-refractivity contribution in [1.82, 2.24) is 9.88 Å². The molecule has 0 unspecified atom stereocenters. The predicted molar refractivity (Wildman–Crippen MR) is 108 cm³/mol. The lowest BCUT2D eigenvalue weighted by atomic mass is 9.91. The van der Waals surface area contributed by atoms with Gasteiger partial charge in [-0.2, -0.15) is 0 Å². The van der Waals surface area contributed by atoms with Crippen LogP contribution in [-0.4, -0.2) is 35.1 Å². The van der Waals surface area contributed by atoms with Gasteiger partial charge in [-0.15, -0.1) is 0 Å². The van der Waals surface area contributed by atoms with Crippen molar-refractivity contribution in [2.24, 2.45) is 0 Å². The molecule has 0 saturated heterocycles. The third-order valence-electron chi connectivity index (χ3n) is 5.33. The van der Waals surface area contributed by atoms with Gasteiger partial charge in [0.2, 0.25) is 0 Å². The zero-order valence-electron chi connectivity index (χ0n) is 15.8. The first-order chi connectivity index (χ1) is 12.6. The number of aromatic nitrogens is 1. The average molecular weight is 377 g/mol. The summed E-state index contributed by atoms with van der Waals surface area (Å²) in [6, 6.07) is 6.13. The zero-order chi connectivity index (χ0) is 18.5. The number of hydrogen-bond acceptors (Lipinski definition) is 3. The van der Waals surface area contributed by atoms with Crippen molar-refractivity contribution in [2.45, 2.75) is 64.5 Å². The van der Waals surface area contributed by atoms with E-state index < -0.39 is 0 Å². The molecule has 26 heavy (non-hydrogen) atoms. The number of ether oxygens (including phenoxy) is 1. The van der Waals surface area contributed by atoms with Gasteiger partial charge in [-0.3, -0.25) is 4.79 Å². The molecule has 1 heterocycles. The summed E-state index contributed by atoms with van der Waals surface area (Å²) in [5, 5.41) is 1.89. The first kappa shape index (κ1) is 19.2. The number of nitrogens with zero attached hydrogens (tertiary/aromatic N) is 1. The molecule has 3 rings (SSSR count). The maximum absolute atomic E-state index is 11.9. The fraction of sp³-hybridized carbons (Fsp3) is 0.571. The quantitative estimate of drug-likeness (QED) is 0.740. The summed E-state index contributed by atoms with van der Waals surface area (Å²) < 4.78 is 6.22. The number of rotatable bonds is 7. The fourth-order valence-electron chi connectivity index (χ4n) is 4.06. The number of pyridine rings is 1. The molecule has 142 valence electrons. The van der Waals surface area contributed by atoms with Crippen LogP contribution in [0.1, 0.15) is 52.4 Å². The number of H-pyrrole nitrogens is 1. The van der Waals surface area contributed by atoms with E-state index >= 15 is 0 Å². The summed E-state index contributed by atoms with van der Waals surface area (Å²) in [5.41, 5.74) is -0.122. The van der Waals surface area contributed by atoms with Crippen LogP contribution in [0, 0.1) is 0 Å². The average Bonchev–Trinajstić information content (AvgIpc) is 2.65. The molecule has 0 aliphatic heterocycles. The van der Waals surface area contributed by atoms with Crippen LogP contribution in [-0.2, 0) is 0 Å². The van der Waals surface area contributed by atoms with Gasteiger partial charge in [0.1, 0.15) is 5.75 Å². The van der Waals surface area contributed by atoms with Crippen molar-refractivity contribution in [3.8, 4) is 5.75 Å². The normalized spacial score (nSPS) is 20.6. The molecule has 1 aromatic carbocycles. The number of fused-ring (bicyclic) bond motifs is 1. The van der Waals surface area contributed by atoms with Gasteiger partial charge < -0.3 is 14.6 Å². The van der Waals surface area contributed by atoms with Crippen LogP contribution in [0.3, 0.4) is 0 Å². The Bertz CT molecular complexity index is 775. The zero-order valence-corrected chi connectivity index (χ0v) is 16.5. The van der Waals surface area contributed by atoms with Crippen molar-refractivity contribution in [3.63, 3.8) is 0 Å². The second-order valence-corrected chi connectivity index (χ2v) is 7.61. The van der Waals surface area contributed by atoms with Gasteiger partial charge in [0.05, 0.1) is 11.1 Å². The Morgan fingerprint density at radius 1 is 1.08 bits per heavy atom. The monoisotopic (exact) mass is 376 g/mol. The van der Waals surface area contributed by atoms with E-state index in [0.717, 1.165) is 18.2 Å². The van der Waals surface area contributed by atoms with Crippen LogP contribution in [0.5, 0.6) is 5.75 Å². The third kappa shape index (κ3) is 4.24. The fourth-order valence-corrected chi connectivity index (χ4v) is 4.33. The maximum Gasteiger partial charge on any atom is 0.255 e. The van der Waals surface area contributed by atoms with Crippen LogP contribution >= 0.6 is 11.6 Å². The molecule has 1 fully saturated rings. The Balaban J connectivity index is 1.65. The summed E-state index contributed by atoms with van der Waals surface area (Å²) in [4.78, 5) is 17.2. The standard InChI is InChI=1S/C21H29ClN2O2/c1-3-13-24(14-4-2)15-5-7-16(8-6-15)26-19-10-9-18-17(20(19)22)11-12-23-21(18)25/h9-12,15-16H,3-8,13-14H2,1-2H3,(H,23,25)/t15-,16+. The second-order valence-electron chi connectivity index (χ2n) is 7.23. The highest BCUT2D eigenvalue weighted by Gasteiger charge is 2.26. The van der Waals surface area contributed by atoms with Crippen molar-refractivity contribution in [1.29, 1.82) is 0 Å². The van der Waals surface area contributed by atoms with Crippen molar-refractivity contribution < 1.29 is 4.74 Å². The molecule has 1 aromatic heterocycles. The van der Waals surface area contributed by atoms with Crippen LogP contribution in [0.2, 0.25) is 5.02 Å². The summed E-state index contributed by atoms with van der Waals surface area (Å²) >= 11 is 6.51. The highest BCUT2D eigenvalue weighted by molar-refractivity contribution is 6.37. The molecule has 4 nitrogen and oxygen atoms in total. The van der Waals surface area contributed by atoms with E-state index in [4.69, 9.17) is 16.3 Å². The Hall–Kier alpha value is -1.52. The third-order valence-corrected chi connectivity index (χ3v) is 5.72. The van der Waals surface area contributed by atoms with Gasteiger partial charge in [-0.05, 0) is 69.8 Å². The molecule has 1 aliphatic carbocycles. The molecule has 0 spiro atoms. The molecular weight excluding hydrogens is 348 g/mol.